The van der Waals surface area contributed by atoms with Crippen molar-refractivity contribution in [2.24, 2.45) is 0 Å². The first kappa shape index (κ1) is 17.9. The van der Waals surface area contributed by atoms with Crippen LogP contribution in [0.15, 0.2) is 54.7 Å². The Kier molecular flexibility index (Phi) is 5.53. The van der Waals surface area contributed by atoms with Gasteiger partial charge in [0.2, 0.25) is 0 Å². The second-order valence-electron chi connectivity index (χ2n) is 5.80. The lowest BCUT2D eigenvalue weighted by Gasteiger charge is -2.21. The number of carbonyl (C=O) groups excluding carboxylic acids is 1. The summed E-state index contributed by atoms with van der Waals surface area (Å²) in [6.07, 6.45) is 1.87. The Bertz CT molecular complexity index is 914. The van der Waals surface area contributed by atoms with Crippen LogP contribution in [0.4, 0.5) is 5.69 Å². The predicted molar refractivity (Wildman–Crippen MR) is 109 cm³/mol. The van der Waals surface area contributed by atoms with E-state index < -0.39 is 0 Å². The molecule has 3 rings (SSSR count). The molecule has 6 heteroatoms. The third kappa shape index (κ3) is 4.03. The highest BCUT2D eigenvalue weighted by Gasteiger charge is 2.10. The third-order valence-corrected chi connectivity index (χ3v) is 4.50. The van der Waals surface area contributed by atoms with Crippen molar-refractivity contribution in [3.63, 3.8) is 0 Å². The predicted octanol–water partition coefficient (Wildman–Crippen LogP) is 4.43. The summed E-state index contributed by atoms with van der Waals surface area (Å²) < 4.78 is 5.67. The Labute approximate surface area is 158 Å². The average molecular weight is 367 g/mol. The number of amides is 1. The van der Waals surface area contributed by atoms with Crippen molar-refractivity contribution >= 4 is 39.9 Å². The van der Waals surface area contributed by atoms with Gasteiger partial charge in [0.05, 0.1) is 0 Å². The molecular formula is C20H21N3O2S. The van der Waals surface area contributed by atoms with E-state index >= 15 is 0 Å². The lowest BCUT2D eigenvalue weighted by atomic mass is 10.2. The number of rotatable bonds is 5. The van der Waals surface area contributed by atoms with Crippen molar-refractivity contribution in [2.75, 3.05) is 18.4 Å². The van der Waals surface area contributed by atoms with Crippen molar-refractivity contribution in [1.29, 1.82) is 0 Å². The number of carbonyl (C=O) groups is 1. The molecule has 0 spiro atoms. The Morgan fingerprint density at radius 1 is 1.12 bits per heavy atom. The minimum atomic E-state index is -0.172. The summed E-state index contributed by atoms with van der Waals surface area (Å²) in [6.45, 7) is 5.64. The molecule has 5 nitrogen and oxygen atoms in total. The molecule has 0 saturated carbocycles. The van der Waals surface area contributed by atoms with Crippen molar-refractivity contribution in [2.45, 2.75) is 13.8 Å². The maximum Gasteiger partial charge on any atom is 0.264 e. The van der Waals surface area contributed by atoms with E-state index in [0.29, 0.717) is 16.5 Å². The number of aromatic nitrogens is 1. The highest BCUT2D eigenvalue weighted by molar-refractivity contribution is 7.80. The molecule has 134 valence electrons. The Morgan fingerprint density at radius 3 is 2.54 bits per heavy atom. The number of anilines is 1. The minimum absolute atomic E-state index is 0.172. The highest BCUT2D eigenvalue weighted by atomic mass is 32.1. The molecule has 0 aliphatic heterocycles. The largest absolute Gasteiger partial charge is 0.432 e. The van der Waals surface area contributed by atoms with Crippen molar-refractivity contribution in [1.82, 2.24) is 9.88 Å². The van der Waals surface area contributed by atoms with Gasteiger partial charge in [0.25, 0.3) is 11.1 Å². The van der Waals surface area contributed by atoms with Crippen LogP contribution in [-0.4, -0.2) is 34.1 Å². The van der Waals surface area contributed by atoms with Gasteiger partial charge in [0.15, 0.2) is 0 Å². The number of fused-ring (bicyclic) bond motifs is 1. The summed E-state index contributed by atoms with van der Waals surface area (Å²) in [5.41, 5.74) is 2.28. The zero-order valence-corrected chi connectivity index (χ0v) is 15.6. The summed E-state index contributed by atoms with van der Waals surface area (Å²) in [6, 6.07) is 14.7. The molecule has 0 aliphatic rings. The fourth-order valence-corrected chi connectivity index (χ4v) is 3.00. The first-order valence-electron chi connectivity index (χ1n) is 8.56. The third-order valence-electron chi connectivity index (χ3n) is 4.16. The van der Waals surface area contributed by atoms with Gasteiger partial charge in [-0.2, -0.15) is 0 Å². The van der Waals surface area contributed by atoms with Crippen molar-refractivity contribution < 1.29 is 9.53 Å². The van der Waals surface area contributed by atoms with Crippen LogP contribution in [0.25, 0.3) is 10.9 Å². The molecule has 1 amide bonds. The van der Waals surface area contributed by atoms with Gasteiger partial charge in [0, 0.05) is 36.1 Å². The zero-order valence-electron chi connectivity index (χ0n) is 14.8. The van der Waals surface area contributed by atoms with E-state index in [1.807, 2.05) is 49.2 Å². The number of thiocarbonyl (C=S) groups is 1. The quantitative estimate of drug-likeness (QED) is 0.655. The number of hydrogen-bond donors (Lipinski definition) is 2. The SMILES string of the molecule is CCN(CC)C(=S)Oc1ccc(C(=O)Nc2ccc3cc[nH]c3c2)cc1. The van der Waals surface area contributed by atoms with E-state index in [0.717, 1.165) is 29.7 Å². The summed E-state index contributed by atoms with van der Waals surface area (Å²) in [7, 11) is 0. The molecule has 0 aliphatic carbocycles. The summed E-state index contributed by atoms with van der Waals surface area (Å²) in [5.74, 6) is 0.444. The molecule has 1 heterocycles. The van der Waals surface area contributed by atoms with Crippen LogP contribution in [0.3, 0.4) is 0 Å². The zero-order chi connectivity index (χ0) is 18.5. The van der Waals surface area contributed by atoms with E-state index in [9.17, 15) is 4.79 Å². The van der Waals surface area contributed by atoms with E-state index in [-0.39, 0.29) is 5.91 Å². The Hall–Kier alpha value is -2.86. The Balaban J connectivity index is 1.65. The van der Waals surface area contributed by atoms with Crippen LogP contribution in [0, 0.1) is 0 Å². The molecule has 0 saturated heterocycles. The molecule has 0 atom stereocenters. The Morgan fingerprint density at radius 2 is 1.85 bits per heavy atom. The summed E-state index contributed by atoms with van der Waals surface area (Å²) in [5, 5.41) is 4.44. The number of hydrogen-bond acceptors (Lipinski definition) is 3. The van der Waals surface area contributed by atoms with E-state index in [2.05, 4.69) is 10.3 Å². The number of nitrogens with one attached hydrogen (secondary N) is 2. The lowest BCUT2D eigenvalue weighted by molar-refractivity contribution is 0.102. The van der Waals surface area contributed by atoms with Crippen LogP contribution in [0.2, 0.25) is 0 Å². The van der Waals surface area contributed by atoms with Gasteiger partial charge in [-0.1, -0.05) is 6.07 Å². The van der Waals surface area contributed by atoms with E-state index in [1.54, 1.807) is 24.3 Å². The molecule has 3 aromatic rings. The molecule has 1 aromatic heterocycles. The fraction of sp³-hybridized carbons (Fsp3) is 0.200. The van der Waals surface area contributed by atoms with Gasteiger partial charge in [-0.05, 0) is 73.9 Å². The standard InChI is InChI=1S/C20H21N3O2S/c1-3-23(4-2)20(26)25-17-9-6-15(7-10-17)19(24)22-16-8-5-14-11-12-21-18(14)13-16/h5-13,21H,3-4H2,1-2H3,(H,22,24). The van der Waals surface area contributed by atoms with Crippen molar-refractivity contribution in [3.05, 3.63) is 60.3 Å². The first-order valence-corrected chi connectivity index (χ1v) is 8.97. The molecular weight excluding hydrogens is 346 g/mol. The second-order valence-corrected chi connectivity index (χ2v) is 6.15. The first-order chi connectivity index (χ1) is 12.6. The van der Waals surface area contributed by atoms with E-state index in [4.69, 9.17) is 17.0 Å². The summed E-state index contributed by atoms with van der Waals surface area (Å²) in [4.78, 5) is 17.5. The molecule has 26 heavy (non-hydrogen) atoms. The van der Waals surface area contributed by atoms with Gasteiger partial charge in [-0.3, -0.25) is 4.79 Å². The molecule has 2 aromatic carbocycles. The molecule has 0 unspecified atom stereocenters. The fourth-order valence-electron chi connectivity index (χ4n) is 2.65. The monoisotopic (exact) mass is 367 g/mol. The van der Waals surface area contributed by atoms with Crippen LogP contribution >= 0.6 is 12.2 Å². The normalized spacial score (nSPS) is 10.5. The van der Waals surface area contributed by atoms with Gasteiger partial charge in [-0.25, -0.2) is 0 Å². The molecule has 0 fully saturated rings. The van der Waals surface area contributed by atoms with E-state index in [1.165, 1.54) is 0 Å². The van der Waals surface area contributed by atoms with Crippen LogP contribution in [-0.2, 0) is 0 Å². The van der Waals surface area contributed by atoms with Crippen LogP contribution in [0.1, 0.15) is 24.2 Å². The van der Waals surface area contributed by atoms with Crippen LogP contribution in [0.5, 0.6) is 5.75 Å². The van der Waals surface area contributed by atoms with Gasteiger partial charge >= 0.3 is 0 Å². The van der Waals surface area contributed by atoms with Crippen molar-refractivity contribution in [3.8, 4) is 5.75 Å². The lowest BCUT2D eigenvalue weighted by Crippen LogP contribution is -2.32. The average Bonchev–Trinajstić information content (AvgIpc) is 3.11. The topological polar surface area (TPSA) is 57.4 Å². The number of H-pyrrole nitrogens is 1. The smallest absolute Gasteiger partial charge is 0.264 e. The maximum atomic E-state index is 12.4. The van der Waals surface area contributed by atoms with Gasteiger partial charge in [0.1, 0.15) is 5.75 Å². The molecule has 2 N–H and O–H groups in total. The van der Waals surface area contributed by atoms with Gasteiger partial charge < -0.3 is 19.9 Å². The molecule has 0 radical (unpaired) electrons. The maximum absolute atomic E-state index is 12.4. The summed E-state index contributed by atoms with van der Waals surface area (Å²) >= 11 is 5.28. The number of aromatic amines is 1. The number of nitrogens with zero attached hydrogens (tertiary/aromatic N) is 1. The minimum Gasteiger partial charge on any atom is -0.432 e. The van der Waals surface area contributed by atoms with Gasteiger partial charge in [-0.15, -0.1) is 0 Å². The number of ether oxygens (including phenoxy) is 1. The second kappa shape index (κ2) is 8.01. The highest BCUT2D eigenvalue weighted by Crippen LogP contribution is 2.19. The number of benzene rings is 2. The van der Waals surface area contributed by atoms with Crippen LogP contribution < -0.4 is 10.1 Å². The molecule has 0 bridgehead atoms.